The summed E-state index contributed by atoms with van der Waals surface area (Å²) in [6, 6.07) is 9.52. The molecule has 2 fully saturated rings. The average molecular weight is 369 g/mol. The van der Waals surface area contributed by atoms with Crippen LogP contribution in [-0.2, 0) is 14.3 Å². The number of morpholine rings is 1. The highest BCUT2D eigenvalue weighted by molar-refractivity contribution is 6.00. The van der Waals surface area contributed by atoms with Gasteiger partial charge in [0.05, 0.1) is 18.7 Å². The van der Waals surface area contributed by atoms with Gasteiger partial charge in [-0.25, -0.2) is 9.78 Å². The molecule has 0 unspecified atom stereocenters. The second-order valence-corrected chi connectivity index (χ2v) is 6.82. The molecule has 1 aromatic heterocycles. The van der Waals surface area contributed by atoms with Gasteiger partial charge in [-0.3, -0.25) is 4.79 Å². The predicted molar refractivity (Wildman–Crippen MR) is 101 cm³/mol. The molecule has 0 radical (unpaired) electrons. The van der Waals surface area contributed by atoms with E-state index in [9.17, 15) is 9.59 Å². The summed E-state index contributed by atoms with van der Waals surface area (Å²) in [5.41, 5.74) is 1.27. The standard InChI is InChI=1S/C20H23N3O4/c24-18(22-9-11-26-12-10-22)14-27-20(25)16-13-15-5-1-2-6-17(15)21-19(16)23-7-3-4-8-23/h1-2,5-6,13H,3-4,7-12,14H2. The van der Waals surface area contributed by atoms with E-state index in [1.54, 1.807) is 4.90 Å². The summed E-state index contributed by atoms with van der Waals surface area (Å²) in [7, 11) is 0. The van der Waals surface area contributed by atoms with Crippen LogP contribution in [0.25, 0.3) is 10.9 Å². The van der Waals surface area contributed by atoms with Crippen LogP contribution < -0.4 is 4.90 Å². The molecule has 4 rings (SSSR count). The summed E-state index contributed by atoms with van der Waals surface area (Å²) in [4.78, 5) is 33.5. The van der Waals surface area contributed by atoms with Crippen molar-refractivity contribution in [2.24, 2.45) is 0 Å². The van der Waals surface area contributed by atoms with Crippen molar-refractivity contribution in [3.05, 3.63) is 35.9 Å². The lowest BCUT2D eigenvalue weighted by atomic mass is 10.1. The van der Waals surface area contributed by atoms with Crippen molar-refractivity contribution in [3.63, 3.8) is 0 Å². The van der Waals surface area contributed by atoms with Gasteiger partial charge in [-0.2, -0.15) is 0 Å². The molecule has 0 aliphatic carbocycles. The number of amides is 1. The van der Waals surface area contributed by atoms with E-state index >= 15 is 0 Å². The smallest absolute Gasteiger partial charge is 0.342 e. The van der Waals surface area contributed by atoms with Gasteiger partial charge in [0.2, 0.25) is 0 Å². The monoisotopic (exact) mass is 369 g/mol. The Kier molecular flexibility index (Phi) is 5.20. The van der Waals surface area contributed by atoms with E-state index < -0.39 is 5.97 Å². The highest BCUT2D eigenvalue weighted by atomic mass is 16.5. The topological polar surface area (TPSA) is 72.0 Å². The number of carbonyl (C=O) groups excluding carboxylic acids is 2. The Morgan fingerprint density at radius 1 is 1.07 bits per heavy atom. The lowest BCUT2D eigenvalue weighted by Gasteiger charge is -2.26. The van der Waals surface area contributed by atoms with Crippen molar-refractivity contribution < 1.29 is 19.1 Å². The number of hydrogen-bond donors (Lipinski definition) is 0. The largest absolute Gasteiger partial charge is 0.452 e. The van der Waals surface area contributed by atoms with Crippen molar-refractivity contribution in [3.8, 4) is 0 Å². The van der Waals surface area contributed by atoms with Gasteiger partial charge in [0.15, 0.2) is 6.61 Å². The Morgan fingerprint density at radius 3 is 2.59 bits per heavy atom. The summed E-state index contributed by atoms with van der Waals surface area (Å²) >= 11 is 0. The third-order valence-corrected chi connectivity index (χ3v) is 5.02. The molecular weight excluding hydrogens is 346 g/mol. The summed E-state index contributed by atoms with van der Waals surface area (Å²) in [6.07, 6.45) is 2.16. The molecule has 2 aliphatic rings. The average Bonchev–Trinajstić information content (AvgIpc) is 3.26. The Hall–Kier alpha value is -2.67. The predicted octanol–water partition coefficient (Wildman–Crippen LogP) is 1.85. The number of aromatic nitrogens is 1. The number of esters is 1. The molecule has 0 bridgehead atoms. The zero-order valence-corrected chi connectivity index (χ0v) is 15.2. The number of fused-ring (bicyclic) bond motifs is 1. The maximum atomic E-state index is 12.8. The quantitative estimate of drug-likeness (QED) is 0.766. The highest BCUT2D eigenvalue weighted by Crippen LogP contribution is 2.27. The second kappa shape index (κ2) is 7.92. The normalized spacial score (nSPS) is 17.3. The van der Waals surface area contributed by atoms with Gasteiger partial charge in [-0.1, -0.05) is 18.2 Å². The van der Waals surface area contributed by atoms with Gasteiger partial charge in [0.1, 0.15) is 11.4 Å². The van der Waals surface area contributed by atoms with Crippen LogP contribution in [-0.4, -0.2) is 67.8 Å². The fourth-order valence-corrected chi connectivity index (χ4v) is 3.54. The van der Waals surface area contributed by atoms with Gasteiger partial charge >= 0.3 is 5.97 Å². The molecule has 1 aromatic carbocycles. The number of carbonyl (C=O) groups is 2. The van der Waals surface area contributed by atoms with Crippen LogP contribution in [0.15, 0.2) is 30.3 Å². The van der Waals surface area contributed by atoms with Gasteiger partial charge in [0.25, 0.3) is 5.91 Å². The molecule has 2 aliphatic heterocycles. The van der Waals surface area contributed by atoms with Gasteiger partial charge in [-0.15, -0.1) is 0 Å². The molecule has 0 spiro atoms. The molecule has 0 N–H and O–H groups in total. The van der Waals surface area contributed by atoms with E-state index in [-0.39, 0.29) is 12.5 Å². The molecular formula is C20H23N3O4. The van der Waals surface area contributed by atoms with E-state index in [4.69, 9.17) is 14.5 Å². The minimum atomic E-state index is -0.503. The fraction of sp³-hybridized carbons (Fsp3) is 0.450. The van der Waals surface area contributed by atoms with Crippen LogP contribution in [0.3, 0.4) is 0 Å². The lowest BCUT2D eigenvalue weighted by molar-refractivity contribution is -0.138. The van der Waals surface area contributed by atoms with Crippen molar-refractivity contribution in [2.75, 3.05) is 50.9 Å². The molecule has 7 heteroatoms. The summed E-state index contributed by atoms with van der Waals surface area (Å²) in [5.74, 6) is -0.0464. The molecule has 7 nitrogen and oxygen atoms in total. The van der Waals surface area contributed by atoms with E-state index in [0.29, 0.717) is 37.7 Å². The number of ether oxygens (including phenoxy) is 2. The molecule has 0 atom stereocenters. The van der Waals surface area contributed by atoms with Crippen molar-refractivity contribution in [1.82, 2.24) is 9.88 Å². The van der Waals surface area contributed by atoms with Crippen molar-refractivity contribution >= 4 is 28.6 Å². The summed E-state index contributed by atoms with van der Waals surface area (Å²) < 4.78 is 10.6. The highest BCUT2D eigenvalue weighted by Gasteiger charge is 2.24. The zero-order chi connectivity index (χ0) is 18.6. The number of rotatable bonds is 4. The number of nitrogens with zero attached hydrogens (tertiary/aromatic N) is 3. The van der Waals surface area contributed by atoms with Crippen LogP contribution in [0.4, 0.5) is 5.82 Å². The first-order valence-electron chi connectivity index (χ1n) is 9.40. The first-order chi connectivity index (χ1) is 13.2. The maximum Gasteiger partial charge on any atom is 0.342 e. The van der Waals surface area contributed by atoms with Crippen LogP contribution in [0.1, 0.15) is 23.2 Å². The Balaban J connectivity index is 1.54. The first-order valence-corrected chi connectivity index (χ1v) is 9.40. The van der Waals surface area contributed by atoms with E-state index in [0.717, 1.165) is 36.8 Å². The lowest BCUT2D eigenvalue weighted by Crippen LogP contribution is -2.42. The molecule has 27 heavy (non-hydrogen) atoms. The Labute approximate surface area is 157 Å². The first kappa shape index (κ1) is 17.7. The third-order valence-electron chi connectivity index (χ3n) is 5.02. The van der Waals surface area contributed by atoms with Crippen LogP contribution in [0.5, 0.6) is 0 Å². The summed E-state index contributed by atoms with van der Waals surface area (Å²) in [6.45, 7) is 3.60. The van der Waals surface area contributed by atoms with Crippen LogP contribution >= 0.6 is 0 Å². The third kappa shape index (κ3) is 3.88. The van der Waals surface area contributed by atoms with Crippen LogP contribution in [0, 0.1) is 0 Å². The molecule has 3 heterocycles. The van der Waals surface area contributed by atoms with Gasteiger partial charge in [0, 0.05) is 31.6 Å². The van der Waals surface area contributed by atoms with E-state index in [1.807, 2.05) is 30.3 Å². The number of hydrogen-bond acceptors (Lipinski definition) is 6. The number of benzene rings is 1. The molecule has 0 saturated carbocycles. The van der Waals surface area contributed by atoms with Crippen LogP contribution in [0.2, 0.25) is 0 Å². The number of anilines is 1. The van der Waals surface area contributed by atoms with Gasteiger partial charge < -0.3 is 19.3 Å². The molecule has 1 amide bonds. The molecule has 142 valence electrons. The van der Waals surface area contributed by atoms with E-state index in [2.05, 4.69) is 4.90 Å². The minimum absolute atomic E-state index is 0.192. The minimum Gasteiger partial charge on any atom is -0.452 e. The fourth-order valence-electron chi connectivity index (χ4n) is 3.54. The Bertz CT molecular complexity index is 842. The zero-order valence-electron chi connectivity index (χ0n) is 15.2. The Morgan fingerprint density at radius 2 is 1.81 bits per heavy atom. The maximum absolute atomic E-state index is 12.8. The molecule has 2 aromatic rings. The van der Waals surface area contributed by atoms with Crippen molar-refractivity contribution in [2.45, 2.75) is 12.8 Å². The summed E-state index contributed by atoms with van der Waals surface area (Å²) in [5, 5.41) is 0.881. The molecule has 2 saturated heterocycles. The van der Waals surface area contributed by atoms with Gasteiger partial charge in [-0.05, 0) is 25.0 Å². The number of pyridine rings is 1. The van der Waals surface area contributed by atoms with E-state index in [1.165, 1.54) is 0 Å². The number of para-hydroxylation sites is 1. The second-order valence-electron chi connectivity index (χ2n) is 6.82. The SMILES string of the molecule is O=C(OCC(=O)N1CCOCC1)c1cc2ccccc2nc1N1CCCC1. The van der Waals surface area contributed by atoms with Crippen molar-refractivity contribution in [1.29, 1.82) is 0 Å².